The van der Waals surface area contributed by atoms with Crippen molar-refractivity contribution in [2.75, 3.05) is 29.4 Å². The van der Waals surface area contributed by atoms with E-state index < -0.39 is 0 Å². The van der Waals surface area contributed by atoms with Crippen LogP contribution in [0.25, 0.3) is 0 Å². The van der Waals surface area contributed by atoms with E-state index in [1.165, 1.54) is 16.8 Å². The molecule has 0 radical (unpaired) electrons. The summed E-state index contributed by atoms with van der Waals surface area (Å²) in [4.78, 5) is 25.3. The minimum Gasteiger partial charge on any atom is -0.366 e. The molecule has 31 heavy (non-hydrogen) atoms. The number of aromatic amines is 2. The lowest BCUT2D eigenvalue weighted by atomic mass is 9.74. The lowest BCUT2D eigenvalue weighted by molar-refractivity contribution is 0.347. The lowest BCUT2D eigenvalue weighted by Gasteiger charge is -2.40. The van der Waals surface area contributed by atoms with E-state index in [1.54, 1.807) is 0 Å². The van der Waals surface area contributed by atoms with Crippen LogP contribution in [0.2, 0.25) is 0 Å². The maximum Gasteiger partial charge on any atom is 0.255 e. The van der Waals surface area contributed by atoms with Crippen LogP contribution in [-0.4, -0.2) is 39.8 Å². The van der Waals surface area contributed by atoms with Gasteiger partial charge in [0.15, 0.2) is 0 Å². The molecule has 0 unspecified atom stereocenters. The lowest BCUT2D eigenvalue weighted by Crippen LogP contribution is -2.46. The third kappa shape index (κ3) is 3.14. The van der Waals surface area contributed by atoms with Crippen LogP contribution >= 0.6 is 0 Å². The second kappa shape index (κ2) is 7.25. The van der Waals surface area contributed by atoms with E-state index in [9.17, 15) is 4.79 Å². The number of benzene rings is 1. The van der Waals surface area contributed by atoms with E-state index in [2.05, 4.69) is 49.2 Å². The minimum absolute atomic E-state index is 0.0671. The van der Waals surface area contributed by atoms with Crippen molar-refractivity contribution in [1.82, 2.24) is 20.2 Å². The molecule has 6 rings (SSSR count). The first-order valence-electron chi connectivity index (χ1n) is 11.4. The van der Waals surface area contributed by atoms with Gasteiger partial charge in [0.1, 0.15) is 0 Å². The van der Waals surface area contributed by atoms with Crippen LogP contribution in [0, 0.1) is 0 Å². The van der Waals surface area contributed by atoms with Crippen molar-refractivity contribution in [1.29, 1.82) is 0 Å². The number of para-hydroxylation sites is 1. The molecule has 2 N–H and O–H groups in total. The molecule has 4 heterocycles. The number of piperidine rings is 1. The first-order valence-corrected chi connectivity index (χ1v) is 11.4. The number of anilines is 2. The van der Waals surface area contributed by atoms with Crippen molar-refractivity contribution in [2.24, 2.45) is 0 Å². The van der Waals surface area contributed by atoms with Crippen LogP contribution in [0.4, 0.5) is 11.6 Å². The molecular weight excluding hydrogens is 388 g/mol. The zero-order valence-electron chi connectivity index (χ0n) is 17.7. The van der Waals surface area contributed by atoms with E-state index in [1.807, 2.05) is 12.4 Å². The molecule has 1 aliphatic carbocycles. The third-order valence-electron chi connectivity index (χ3n) is 7.44. The van der Waals surface area contributed by atoms with Crippen molar-refractivity contribution < 1.29 is 0 Å². The number of H-pyrrole nitrogens is 2. The fourth-order valence-corrected chi connectivity index (χ4v) is 5.77. The summed E-state index contributed by atoms with van der Waals surface area (Å²) in [7, 11) is 0. The molecule has 2 aromatic heterocycles. The smallest absolute Gasteiger partial charge is 0.255 e. The second-order valence-electron chi connectivity index (χ2n) is 9.27. The van der Waals surface area contributed by atoms with E-state index in [0.717, 1.165) is 81.9 Å². The Bertz CT molecular complexity index is 1140. The van der Waals surface area contributed by atoms with Gasteiger partial charge in [-0.3, -0.25) is 14.9 Å². The summed E-state index contributed by atoms with van der Waals surface area (Å²) < 4.78 is 0. The molecule has 0 saturated carbocycles. The van der Waals surface area contributed by atoms with Crippen LogP contribution < -0.4 is 15.4 Å². The van der Waals surface area contributed by atoms with Gasteiger partial charge in [-0.15, -0.1) is 0 Å². The van der Waals surface area contributed by atoms with Gasteiger partial charge in [0.2, 0.25) is 5.95 Å². The summed E-state index contributed by atoms with van der Waals surface area (Å²) in [5, 5.41) is 7.04. The Morgan fingerprint density at radius 1 is 1.10 bits per heavy atom. The Balaban J connectivity index is 1.25. The van der Waals surface area contributed by atoms with Gasteiger partial charge in [-0.2, -0.15) is 5.10 Å². The average Bonchev–Trinajstić information content (AvgIpc) is 3.42. The average molecular weight is 417 g/mol. The first-order chi connectivity index (χ1) is 15.2. The summed E-state index contributed by atoms with van der Waals surface area (Å²) in [6.45, 7) is 3.73. The minimum atomic E-state index is 0.0671. The standard InChI is InChI=1S/C24H28N6O/c31-22-18-5-1-3-7-20(18)27-23(28-22)29-11-9-24(10-12-29)16-30(15-17-13-25-26-14-17)21-8-4-2-6-19(21)24/h2,4,6,8,13-14H,1,3,5,7,9-12,15-16H2,(H,25,26)(H,27,28,31). The number of fused-ring (bicyclic) bond motifs is 3. The number of aryl methyl sites for hydroxylation is 1. The Hall–Kier alpha value is -3.09. The number of rotatable bonds is 3. The molecule has 1 saturated heterocycles. The molecule has 1 aromatic carbocycles. The maximum atomic E-state index is 12.6. The van der Waals surface area contributed by atoms with E-state index in [-0.39, 0.29) is 11.0 Å². The molecule has 0 bridgehead atoms. The highest BCUT2D eigenvalue weighted by molar-refractivity contribution is 5.63. The van der Waals surface area contributed by atoms with Crippen LogP contribution in [-0.2, 0) is 24.8 Å². The highest BCUT2D eigenvalue weighted by Crippen LogP contribution is 2.47. The van der Waals surface area contributed by atoms with Crippen LogP contribution in [0.1, 0.15) is 48.1 Å². The predicted octanol–water partition coefficient (Wildman–Crippen LogP) is 2.93. The molecule has 0 atom stereocenters. The molecule has 1 spiro atoms. The Kier molecular flexibility index (Phi) is 4.37. The number of nitrogens with zero attached hydrogens (tertiary/aromatic N) is 4. The second-order valence-corrected chi connectivity index (χ2v) is 9.27. The summed E-state index contributed by atoms with van der Waals surface area (Å²) in [5.41, 5.74) is 6.16. The summed E-state index contributed by atoms with van der Waals surface area (Å²) in [5.74, 6) is 0.766. The van der Waals surface area contributed by atoms with Gasteiger partial charge in [0.05, 0.1) is 11.9 Å². The van der Waals surface area contributed by atoms with Gasteiger partial charge in [-0.25, -0.2) is 4.98 Å². The normalized spacial score (nSPS) is 19.5. The summed E-state index contributed by atoms with van der Waals surface area (Å²) in [6.07, 6.45) is 10.0. The van der Waals surface area contributed by atoms with Crippen LogP contribution in [0.15, 0.2) is 41.5 Å². The number of nitrogens with one attached hydrogen (secondary N) is 2. The number of hydrogen-bond acceptors (Lipinski definition) is 5. The highest BCUT2D eigenvalue weighted by atomic mass is 16.1. The number of hydrogen-bond donors (Lipinski definition) is 2. The Morgan fingerprint density at radius 3 is 2.77 bits per heavy atom. The molecule has 160 valence electrons. The fourth-order valence-electron chi connectivity index (χ4n) is 5.77. The Labute approximate surface area is 181 Å². The first kappa shape index (κ1) is 18.7. The van der Waals surface area contributed by atoms with Gasteiger partial charge < -0.3 is 9.80 Å². The van der Waals surface area contributed by atoms with Gasteiger partial charge >= 0.3 is 0 Å². The van der Waals surface area contributed by atoms with Crippen molar-refractivity contribution in [3.8, 4) is 0 Å². The molecule has 3 aliphatic rings. The third-order valence-corrected chi connectivity index (χ3v) is 7.44. The SMILES string of the molecule is O=c1[nH]c(N2CCC3(CC2)CN(Cc2cn[nH]c2)c2ccccc23)nc2c1CCCC2. The van der Waals surface area contributed by atoms with E-state index in [4.69, 9.17) is 4.98 Å². The molecule has 2 aliphatic heterocycles. The zero-order valence-corrected chi connectivity index (χ0v) is 17.7. The van der Waals surface area contributed by atoms with Crippen LogP contribution in [0.5, 0.6) is 0 Å². The highest BCUT2D eigenvalue weighted by Gasteiger charge is 2.44. The predicted molar refractivity (Wildman–Crippen MR) is 121 cm³/mol. The monoisotopic (exact) mass is 416 g/mol. The largest absolute Gasteiger partial charge is 0.366 e. The van der Waals surface area contributed by atoms with E-state index in [0.29, 0.717) is 0 Å². The molecule has 3 aromatic rings. The topological polar surface area (TPSA) is 80.9 Å². The van der Waals surface area contributed by atoms with Gasteiger partial charge in [0.25, 0.3) is 5.56 Å². The van der Waals surface area contributed by atoms with Crippen LogP contribution in [0.3, 0.4) is 0 Å². The van der Waals surface area contributed by atoms with Gasteiger partial charge in [0, 0.05) is 54.6 Å². The van der Waals surface area contributed by atoms with Crippen molar-refractivity contribution >= 4 is 11.6 Å². The van der Waals surface area contributed by atoms with E-state index >= 15 is 0 Å². The van der Waals surface area contributed by atoms with Gasteiger partial charge in [-0.1, -0.05) is 18.2 Å². The molecule has 7 nitrogen and oxygen atoms in total. The molecular formula is C24H28N6O. The number of aromatic nitrogens is 4. The molecule has 1 fully saturated rings. The van der Waals surface area contributed by atoms with Crippen molar-refractivity contribution in [3.63, 3.8) is 0 Å². The summed E-state index contributed by atoms with van der Waals surface area (Å²) in [6, 6.07) is 8.85. The summed E-state index contributed by atoms with van der Waals surface area (Å²) >= 11 is 0. The fraction of sp³-hybridized carbons (Fsp3) is 0.458. The maximum absolute atomic E-state index is 12.6. The zero-order chi connectivity index (χ0) is 20.8. The molecule has 7 heteroatoms. The van der Waals surface area contributed by atoms with Gasteiger partial charge in [-0.05, 0) is 50.2 Å². The van der Waals surface area contributed by atoms with Crippen molar-refractivity contribution in [3.05, 3.63) is 69.4 Å². The quantitative estimate of drug-likeness (QED) is 0.686. The molecule has 0 amide bonds. The van der Waals surface area contributed by atoms with Crippen molar-refractivity contribution in [2.45, 2.75) is 50.5 Å². The Morgan fingerprint density at radius 2 is 1.94 bits per heavy atom.